The molecule has 2 aromatic rings. The maximum atomic E-state index is 12.6. The van der Waals surface area contributed by atoms with Crippen molar-refractivity contribution in [2.75, 3.05) is 6.61 Å². The Hall–Kier alpha value is -3.35. The van der Waals surface area contributed by atoms with Crippen LogP contribution in [0.2, 0.25) is 0 Å². The molecule has 2 aliphatic carbocycles. The minimum Gasteiger partial charge on any atom is -0.481 e. The summed E-state index contributed by atoms with van der Waals surface area (Å²) < 4.78 is 5.63. The zero-order valence-corrected chi connectivity index (χ0v) is 19.5. The molecular weight excluding hydrogens is 432 g/mol. The monoisotopic (exact) mass is 464 g/mol. The van der Waals surface area contributed by atoms with Crippen molar-refractivity contribution in [1.82, 2.24) is 10.6 Å². The third-order valence-corrected chi connectivity index (χ3v) is 7.01. The van der Waals surface area contributed by atoms with E-state index in [4.69, 9.17) is 9.84 Å². The van der Waals surface area contributed by atoms with Crippen molar-refractivity contribution in [1.29, 1.82) is 0 Å². The Morgan fingerprint density at radius 3 is 2.29 bits per heavy atom. The quantitative estimate of drug-likeness (QED) is 0.508. The van der Waals surface area contributed by atoms with E-state index in [0.29, 0.717) is 32.1 Å². The molecule has 0 heterocycles. The van der Waals surface area contributed by atoms with Crippen molar-refractivity contribution in [3.8, 4) is 11.1 Å². The molecule has 1 saturated carbocycles. The van der Waals surface area contributed by atoms with E-state index in [1.807, 2.05) is 31.2 Å². The normalized spacial score (nSPS) is 19.7. The maximum Gasteiger partial charge on any atom is 0.407 e. The van der Waals surface area contributed by atoms with E-state index in [1.54, 1.807) is 0 Å². The molecule has 2 aliphatic rings. The number of alkyl carbamates (subject to hydrolysis) is 1. The highest BCUT2D eigenvalue weighted by Gasteiger charge is 2.33. The lowest BCUT2D eigenvalue weighted by atomic mass is 9.98. The molecule has 1 unspecified atom stereocenters. The molecule has 0 bridgehead atoms. The largest absolute Gasteiger partial charge is 0.481 e. The number of aliphatic carboxylic acids is 1. The van der Waals surface area contributed by atoms with Gasteiger partial charge in [-0.3, -0.25) is 9.59 Å². The lowest BCUT2D eigenvalue weighted by Gasteiger charge is -2.19. The number of carboxylic acid groups (broad SMARTS) is 1. The Balaban J connectivity index is 1.26. The number of rotatable bonds is 9. The highest BCUT2D eigenvalue weighted by Crippen LogP contribution is 2.44. The van der Waals surface area contributed by atoms with Crippen LogP contribution >= 0.6 is 0 Å². The molecule has 1 fully saturated rings. The van der Waals surface area contributed by atoms with Crippen molar-refractivity contribution >= 4 is 18.0 Å². The zero-order valence-electron chi connectivity index (χ0n) is 19.5. The van der Waals surface area contributed by atoms with Crippen LogP contribution < -0.4 is 10.6 Å². The number of benzene rings is 2. The van der Waals surface area contributed by atoms with E-state index < -0.39 is 12.1 Å². The second kappa shape index (κ2) is 10.7. The summed E-state index contributed by atoms with van der Waals surface area (Å²) >= 11 is 0. The van der Waals surface area contributed by atoms with Crippen LogP contribution in [-0.2, 0) is 14.3 Å². The number of fused-ring (bicyclic) bond motifs is 3. The fourth-order valence-corrected chi connectivity index (χ4v) is 5.15. The predicted molar refractivity (Wildman–Crippen MR) is 128 cm³/mol. The van der Waals surface area contributed by atoms with Crippen molar-refractivity contribution < 1.29 is 24.2 Å². The van der Waals surface area contributed by atoms with Gasteiger partial charge >= 0.3 is 12.1 Å². The van der Waals surface area contributed by atoms with Gasteiger partial charge in [0.25, 0.3) is 0 Å². The summed E-state index contributed by atoms with van der Waals surface area (Å²) in [5.74, 6) is -1.09. The van der Waals surface area contributed by atoms with Crippen LogP contribution in [0.3, 0.4) is 0 Å². The third kappa shape index (κ3) is 5.41. The molecule has 3 atom stereocenters. The Bertz CT molecular complexity index is 1010. The van der Waals surface area contributed by atoms with Gasteiger partial charge in [0.1, 0.15) is 6.61 Å². The van der Waals surface area contributed by atoms with E-state index >= 15 is 0 Å². The summed E-state index contributed by atoms with van der Waals surface area (Å²) in [6.07, 6.45) is 2.66. The summed E-state index contributed by atoms with van der Waals surface area (Å²) in [4.78, 5) is 36.0. The maximum absolute atomic E-state index is 12.6. The van der Waals surface area contributed by atoms with Crippen LogP contribution in [0.4, 0.5) is 4.79 Å². The molecule has 3 N–H and O–H groups in total. The Kier molecular flexibility index (Phi) is 7.50. The van der Waals surface area contributed by atoms with Gasteiger partial charge in [-0.2, -0.15) is 0 Å². The van der Waals surface area contributed by atoms with Gasteiger partial charge in [-0.05, 0) is 54.4 Å². The Labute approximate surface area is 199 Å². The predicted octanol–water partition coefficient (Wildman–Crippen LogP) is 4.45. The Morgan fingerprint density at radius 1 is 1.03 bits per heavy atom. The lowest BCUT2D eigenvalue weighted by Crippen LogP contribution is -2.39. The van der Waals surface area contributed by atoms with Crippen LogP contribution in [0.25, 0.3) is 11.1 Å². The summed E-state index contributed by atoms with van der Waals surface area (Å²) in [6, 6.07) is 16.2. The first-order chi connectivity index (χ1) is 16.5. The van der Waals surface area contributed by atoms with Crippen molar-refractivity contribution in [3.63, 3.8) is 0 Å². The highest BCUT2D eigenvalue weighted by molar-refractivity contribution is 5.80. The standard InChI is InChI=1S/C27H32N2O5/c1-2-18(13-14-25(30)31)28-26(32)17-11-12-19(15-17)29-27(33)34-16-24-22-9-5-3-7-20(22)21-8-4-6-10-23(21)24/h3-10,17-19,24H,2,11-16H2,1H3,(H,28,32)(H,29,33)(H,30,31)/t17-,18?,19+/m0/s1. The molecule has 0 spiro atoms. The fourth-order valence-electron chi connectivity index (χ4n) is 5.15. The average Bonchev–Trinajstić information content (AvgIpc) is 3.43. The van der Waals surface area contributed by atoms with Crippen molar-refractivity contribution in [2.45, 2.75) is 63.5 Å². The molecule has 180 valence electrons. The molecule has 7 heteroatoms. The zero-order chi connectivity index (χ0) is 24.1. The minimum absolute atomic E-state index is 0.0111. The number of hydrogen-bond acceptors (Lipinski definition) is 4. The molecule has 0 radical (unpaired) electrons. The van der Waals surface area contributed by atoms with Gasteiger partial charge in [-0.1, -0.05) is 55.5 Å². The molecule has 2 amide bonds. The molecule has 4 rings (SSSR count). The van der Waals surface area contributed by atoms with Gasteiger partial charge in [-0.25, -0.2) is 4.79 Å². The summed E-state index contributed by atoms with van der Waals surface area (Å²) in [5, 5.41) is 14.8. The van der Waals surface area contributed by atoms with Crippen molar-refractivity contribution in [2.24, 2.45) is 5.92 Å². The molecule has 0 saturated heterocycles. The number of carboxylic acids is 1. The topological polar surface area (TPSA) is 105 Å². The number of amides is 2. The minimum atomic E-state index is -0.860. The molecule has 7 nitrogen and oxygen atoms in total. The number of ether oxygens (including phenoxy) is 1. The fraction of sp³-hybridized carbons (Fsp3) is 0.444. The second-order valence-electron chi connectivity index (χ2n) is 9.22. The summed E-state index contributed by atoms with van der Waals surface area (Å²) in [5.41, 5.74) is 4.71. The molecular formula is C27H32N2O5. The molecule has 0 aliphatic heterocycles. The first-order valence-electron chi connectivity index (χ1n) is 12.1. The van der Waals surface area contributed by atoms with Gasteiger partial charge in [0.05, 0.1) is 0 Å². The second-order valence-corrected chi connectivity index (χ2v) is 9.22. The first-order valence-corrected chi connectivity index (χ1v) is 12.1. The van der Waals surface area contributed by atoms with Crippen molar-refractivity contribution in [3.05, 3.63) is 59.7 Å². The van der Waals surface area contributed by atoms with Crippen LogP contribution in [0.1, 0.15) is 62.5 Å². The Morgan fingerprint density at radius 2 is 1.68 bits per heavy atom. The highest BCUT2D eigenvalue weighted by atomic mass is 16.5. The molecule has 0 aromatic heterocycles. The van der Waals surface area contributed by atoms with Gasteiger partial charge in [0, 0.05) is 30.3 Å². The van der Waals surface area contributed by atoms with Gasteiger partial charge in [0.2, 0.25) is 5.91 Å². The van der Waals surface area contributed by atoms with E-state index in [-0.39, 0.29) is 42.9 Å². The van der Waals surface area contributed by atoms with Crippen LogP contribution in [0, 0.1) is 5.92 Å². The van der Waals surface area contributed by atoms with E-state index in [9.17, 15) is 14.4 Å². The van der Waals surface area contributed by atoms with Crippen LogP contribution in [0.15, 0.2) is 48.5 Å². The van der Waals surface area contributed by atoms with E-state index in [0.717, 1.165) is 0 Å². The van der Waals surface area contributed by atoms with E-state index in [1.165, 1.54) is 22.3 Å². The van der Waals surface area contributed by atoms with Gasteiger partial charge < -0.3 is 20.5 Å². The molecule has 34 heavy (non-hydrogen) atoms. The number of carbonyl (C=O) groups excluding carboxylic acids is 2. The first kappa shape index (κ1) is 23.8. The van der Waals surface area contributed by atoms with Gasteiger partial charge in [0.15, 0.2) is 0 Å². The number of carbonyl (C=O) groups is 3. The lowest BCUT2D eigenvalue weighted by molar-refractivity contribution is -0.137. The number of nitrogens with one attached hydrogen (secondary N) is 2. The van der Waals surface area contributed by atoms with Crippen LogP contribution in [0.5, 0.6) is 0 Å². The summed E-state index contributed by atoms with van der Waals surface area (Å²) in [7, 11) is 0. The van der Waals surface area contributed by atoms with Crippen LogP contribution in [-0.4, -0.2) is 41.8 Å². The SMILES string of the molecule is CCC(CCC(=O)O)NC(=O)[C@H]1CC[C@@H](NC(=O)OCC2c3ccccc3-c3ccccc32)C1. The smallest absolute Gasteiger partial charge is 0.407 e. The summed E-state index contributed by atoms with van der Waals surface area (Å²) in [6.45, 7) is 2.20. The van der Waals surface area contributed by atoms with E-state index in [2.05, 4.69) is 34.9 Å². The third-order valence-electron chi connectivity index (χ3n) is 7.01. The van der Waals surface area contributed by atoms with Gasteiger partial charge in [-0.15, -0.1) is 0 Å². The molecule has 2 aromatic carbocycles. The average molecular weight is 465 g/mol. The number of hydrogen-bond donors (Lipinski definition) is 3.